The van der Waals surface area contributed by atoms with Gasteiger partial charge in [0.15, 0.2) is 0 Å². The molecule has 1 unspecified atom stereocenters. The average molecular weight is 200 g/mol. The summed E-state index contributed by atoms with van der Waals surface area (Å²) in [6.45, 7) is 3.07. The van der Waals surface area contributed by atoms with Crippen LogP contribution in [-0.4, -0.2) is 31.1 Å². The summed E-state index contributed by atoms with van der Waals surface area (Å²) in [5.41, 5.74) is -1.06. The Balaban J connectivity index is 2.87. The number of esters is 1. The van der Waals surface area contributed by atoms with E-state index < -0.39 is 29.4 Å². The number of methoxy groups -OCH3 is 1. The zero-order chi connectivity index (χ0) is 10.9. The zero-order valence-electron chi connectivity index (χ0n) is 8.21. The molecule has 0 saturated carbocycles. The molecule has 0 bridgehead atoms. The summed E-state index contributed by atoms with van der Waals surface area (Å²) in [6.07, 6.45) is 0. The van der Waals surface area contributed by atoms with E-state index in [0.29, 0.717) is 0 Å². The Morgan fingerprint density at radius 1 is 1.43 bits per heavy atom. The number of carbonyl (C=O) groups is 3. The van der Waals surface area contributed by atoms with Crippen LogP contribution >= 0.6 is 0 Å². The molecule has 14 heavy (non-hydrogen) atoms. The Hall–Kier alpha value is -1.59. The second kappa shape index (κ2) is 3.28. The minimum absolute atomic E-state index is 0.509. The summed E-state index contributed by atoms with van der Waals surface area (Å²) in [4.78, 5) is 33.4. The van der Waals surface area contributed by atoms with Gasteiger partial charge in [0.05, 0.1) is 12.5 Å². The van der Waals surface area contributed by atoms with Crippen molar-refractivity contribution >= 4 is 17.9 Å². The van der Waals surface area contributed by atoms with E-state index in [1.54, 1.807) is 0 Å². The first-order chi connectivity index (χ1) is 6.39. The molecule has 1 heterocycles. The lowest BCUT2D eigenvalue weighted by atomic mass is 9.84. The Morgan fingerprint density at radius 2 is 2.00 bits per heavy atom. The quantitative estimate of drug-likeness (QED) is 0.460. The number of imide groups is 1. The van der Waals surface area contributed by atoms with Crippen LogP contribution in [0.5, 0.6) is 0 Å². The Kier molecular flexibility index (Phi) is 2.46. The third kappa shape index (κ3) is 1.55. The minimum atomic E-state index is -1.06. The van der Waals surface area contributed by atoms with E-state index in [1.807, 2.05) is 0 Å². The van der Waals surface area contributed by atoms with Crippen molar-refractivity contribution in [3.63, 3.8) is 0 Å². The molecule has 0 aromatic rings. The number of nitrogens with one attached hydrogen (secondary N) is 2. The van der Waals surface area contributed by atoms with E-state index in [9.17, 15) is 14.4 Å². The van der Waals surface area contributed by atoms with Crippen LogP contribution in [0.1, 0.15) is 13.8 Å². The minimum Gasteiger partial charge on any atom is -0.469 e. The normalized spacial score (nSPS) is 21.5. The topological polar surface area (TPSA) is 84.5 Å². The van der Waals surface area contributed by atoms with Gasteiger partial charge in [-0.2, -0.15) is 0 Å². The lowest BCUT2D eigenvalue weighted by molar-refractivity contribution is -0.154. The molecule has 1 aliphatic rings. The Morgan fingerprint density at radius 3 is 2.36 bits per heavy atom. The standard InChI is InChI=1S/C8H12N2O4/c1-8(2,6(12)14-3)4-5(11)10-7(13)9-4/h4H,1-3H3,(H2,9,10,11,13). The fraction of sp³-hybridized carbons (Fsp3) is 0.625. The molecular weight excluding hydrogens is 188 g/mol. The molecule has 0 aromatic heterocycles. The molecule has 1 fully saturated rings. The van der Waals surface area contributed by atoms with Crippen LogP contribution in [0.15, 0.2) is 0 Å². The van der Waals surface area contributed by atoms with Gasteiger partial charge in [-0.3, -0.25) is 14.9 Å². The van der Waals surface area contributed by atoms with Crippen LogP contribution in [0.25, 0.3) is 0 Å². The number of hydrogen-bond acceptors (Lipinski definition) is 4. The molecule has 6 nitrogen and oxygen atoms in total. The molecule has 78 valence electrons. The number of hydrogen-bond donors (Lipinski definition) is 2. The highest BCUT2D eigenvalue weighted by Gasteiger charge is 2.47. The molecule has 0 spiro atoms. The van der Waals surface area contributed by atoms with Gasteiger partial charge in [0.2, 0.25) is 0 Å². The Bertz CT molecular complexity index is 298. The lowest BCUT2D eigenvalue weighted by Gasteiger charge is -2.25. The van der Waals surface area contributed by atoms with Gasteiger partial charge in [-0.25, -0.2) is 4.79 Å². The van der Waals surface area contributed by atoms with E-state index >= 15 is 0 Å². The highest BCUT2D eigenvalue weighted by molar-refractivity contribution is 6.06. The van der Waals surface area contributed by atoms with Gasteiger partial charge < -0.3 is 10.1 Å². The maximum Gasteiger partial charge on any atom is 0.322 e. The van der Waals surface area contributed by atoms with Crippen LogP contribution in [0.3, 0.4) is 0 Å². The van der Waals surface area contributed by atoms with Crippen molar-refractivity contribution < 1.29 is 19.1 Å². The number of amides is 3. The van der Waals surface area contributed by atoms with E-state index in [2.05, 4.69) is 15.4 Å². The molecule has 6 heteroatoms. The van der Waals surface area contributed by atoms with Gasteiger partial charge in [0.1, 0.15) is 6.04 Å². The van der Waals surface area contributed by atoms with Crippen LogP contribution in [0.2, 0.25) is 0 Å². The summed E-state index contributed by atoms with van der Waals surface area (Å²) < 4.78 is 4.54. The van der Waals surface area contributed by atoms with Crippen molar-refractivity contribution in [2.24, 2.45) is 5.41 Å². The predicted molar refractivity (Wildman–Crippen MR) is 46.3 cm³/mol. The van der Waals surface area contributed by atoms with Crippen molar-refractivity contribution in [2.45, 2.75) is 19.9 Å². The highest BCUT2D eigenvalue weighted by Crippen LogP contribution is 2.24. The van der Waals surface area contributed by atoms with Gasteiger partial charge >= 0.3 is 12.0 Å². The van der Waals surface area contributed by atoms with Crippen molar-refractivity contribution in [2.75, 3.05) is 7.11 Å². The van der Waals surface area contributed by atoms with Crippen LogP contribution < -0.4 is 10.6 Å². The lowest BCUT2D eigenvalue weighted by Crippen LogP contribution is -2.48. The fourth-order valence-corrected chi connectivity index (χ4v) is 1.31. The monoisotopic (exact) mass is 200 g/mol. The van der Waals surface area contributed by atoms with Crippen molar-refractivity contribution in [1.82, 2.24) is 10.6 Å². The summed E-state index contributed by atoms with van der Waals surface area (Å²) >= 11 is 0. The first kappa shape index (κ1) is 10.5. The van der Waals surface area contributed by atoms with E-state index in [0.717, 1.165) is 0 Å². The van der Waals surface area contributed by atoms with Gasteiger partial charge in [0, 0.05) is 0 Å². The second-order valence-corrected chi connectivity index (χ2v) is 3.61. The summed E-state index contributed by atoms with van der Waals surface area (Å²) in [6, 6.07) is -1.46. The molecule has 0 radical (unpaired) electrons. The molecule has 1 atom stereocenters. The molecule has 1 aliphatic heterocycles. The molecular formula is C8H12N2O4. The molecule has 2 N–H and O–H groups in total. The first-order valence-electron chi connectivity index (χ1n) is 4.09. The number of ether oxygens (including phenoxy) is 1. The summed E-state index contributed by atoms with van der Waals surface area (Å²) in [7, 11) is 1.23. The van der Waals surface area contributed by atoms with E-state index in [1.165, 1.54) is 21.0 Å². The third-order valence-corrected chi connectivity index (χ3v) is 2.21. The smallest absolute Gasteiger partial charge is 0.322 e. The fourth-order valence-electron chi connectivity index (χ4n) is 1.31. The third-order valence-electron chi connectivity index (χ3n) is 2.21. The largest absolute Gasteiger partial charge is 0.469 e. The Labute approximate surface area is 81.0 Å². The first-order valence-corrected chi connectivity index (χ1v) is 4.09. The van der Waals surface area contributed by atoms with Crippen LogP contribution in [-0.2, 0) is 14.3 Å². The number of urea groups is 1. The molecule has 1 saturated heterocycles. The predicted octanol–water partition coefficient (Wildman–Crippen LogP) is -0.606. The maximum atomic E-state index is 11.3. The molecule has 0 aromatic carbocycles. The van der Waals surface area contributed by atoms with Crippen LogP contribution in [0, 0.1) is 5.41 Å². The maximum absolute atomic E-state index is 11.3. The molecule has 3 amide bonds. The second-order valence-electron chi connectivity index (χ2n) is 3.61. The van der Waals surface area contributed by atoms with E-state index in [-0.39, 0.29) is 0 Å². The number of carbonyl (C=O) groups excluding carboxylic acids is 3. The van der Waals surface area contributed by atoms with Gasteiger partial charge in [-0.05, 0) is 13.8 Å². The molecule has 1 rings (SSSR count). The highest BCUT2D eigenvalue weighted by atomic mass is 16.5. The van der Waals surface area contributed by atoms with Crippen molar-refractivity contribution in [1.29, 1.82) is 0 Å². The van der Waals surface area contributed by atoms with Crippen molar-refractivity contribution in [3.8, 4) is 0 Å². The zero-order valence-corrected chi connectivity index (χ0v) is 8.21. The van der Waals surface area contributed by atoms with E-state index in [4.69, 9.17) is 0 Å². The molecule has 0 aliphatic carbocycles. The SMILES string of the molecule is COC(=O)C(C)(C)C1NC(=O)NC1=O. The van der Waals surface area contributed by atoms with Gasteiger partial charge in [-0.15, -0.1) is 0 Å². The van der Waals surface area contributed by atoms with Crippen LogP contribution in [0.4, 0.5) is 4.79 Å². The van der Waals surface area contributed by atoms with Gasteiger partial charge in [-0.1, -0.05) is 0 Å². The average Bonchev–Trinajstić information content (AvgIpc) is 2.44. The number of rotatable bonds is 2. The van der Waals surface area contributed by atoms with Crippen molar-refractivity contribution in [3.05, 3.63) is 0 Å². The van der Waals surface area contributed by atoms with Gasteiger partial charge in [0.25, 0.3) is 5.91 Å². The summed E-state index contributed by atoms with van der Waals surface area (Å²) in [5, 5.41) is 4.41. The summed E-state index contributed by atoms with van der Waals surface area (Å²) in [5.74, 6) is -1.05.